The zero-order chi connectivity index (χ0) is 22.2. The molecule has 6 rings (SSSR count). The van der Waals surface area contributed by atoms with E-state index in [0.717, 1.165) is 61.8 Å². The van der Waals surface area contributed by atoms with E-state index in [1.165, 1.54) is 27.8 Å². The first-order valence-electron chi connectivity index (χ1n) is 11.7. The van der Waals surface area contributed by atoms with Gasteiger partial charge in [-0.1, -0.05) is 18.2 Å². The van der Waals surface area contributed by atoms with E-state index in [2.05, 4.69) is 75.4 Å². The third-order valence-electron chi connectivity index (χ3n) is 6.83. The first kappa shape index (κ1) is 20.1. The molecule has 3 aliphatic rings. The fourth-order valence-electron chi connectivity index (χ4n) is 4.86. The van der Waals surface area contributed by atoms with Crippen molar-refractivity contribution in [1.82, 2.24) is 14.9 Å². The summed E-state index contributed by atoms with van der Waals surface area (Å²) in [6.45, 7) is 4.17. The van der Waals surface area contributed by atoms with Gasteiger partial charge in [0.25, 0.3) is 0 Å². The summed E-state index contributed by atoms with van der Waals surface area (Å²) in [5, 5.41) is 0. The molecule has 33 heavy (non-hydrogen) atoms. The molecule has 3 aromatic rings. The molecule has 5 nitrogen and oxygen atoms in total. The topological polar surface area (TPSA) is 44.6 Å². The van der Waals surface area contributed by atoms with Gasteiger partial charge in [0.05, 0.1) is 11.4 Å². The molecule has 1 saturated heterocycles. The van der Waals surface area contributed by atoms with Crippen molar-refractivity contribution in [3.63, 3.8) is 0 Å². The summed E-state index contributed by atoms with van der Waals surface area (Å²) >= 11 is 0. The number of anilines is 1. The highest BCUT2D eigenvalue weighted by Gasteiger charge is 2.20. The summed E-state index contributed by atoms with van der Waals surface area (Å²) in [7, 11) is 2.18. The second-order valence-corrected chi connectivity index (χ2v) is 8.99. The van der Waals surface area contributed by atoms with Gasteiger partial charge in [-0.15, -0.1) is 0 Å². The Morgan fingerprint density at radius 3 is 2.67 bits per heavy atom. The second-order valence-electron chi connectivity index (χ2n) is 8.99. The first-order chi connectivity index (χ1) is 16.2. The van der Waals surface area contributed by atoms with E-state index in [-0.39, 0.29) is 0 Å². The number of hydrogen-bond acceptors (Lipinski definition) is 5. The average molecular weight is 434 g/mol. The van der Waals surface area contributed by atoms with Gasteiger partial charge in [-0.3, -0.25) is 9.98 Å². The minimum Gasteiger partial charge on any atom is -0.354 e. The van der Waals surface area contributed by atoms with E-state index >= 15 is 0 Å². The number of aromatic nitrogens is 2. The molecule has 0 bridgehead atoms. The zero-order valence-corrected chi connectivity index (χ0v) is 18.9. The third kappa shape index (κ3) is 3.89. The van der Waals surface area contributed by atoms with Crippen molar-refractivity contribution in [3.05, 3.63) is 89.4 Å². The van der Waals surface area contributed by atoms with Gasteiger partial charge in [0.15, 0.2) is 0 Å². The minimum atomic E-state index is 0.878. The summed E-state index contributed by atoms with van der Waals surface area (Å²) in [4.78, 5) is 18.8. The number of nitrogens with zero attached hydrogens (tertiary/aromatic N) is 5. The lowest BCUT2D eigenvalue weighted by Crippen LogP contribution is -2.44. The lowest BCUT2D eigenvalue weighted by atomic mass is 9.95. The van der Waals surface area contributed by atoms with Crippen LogP contribution in [-0.2, 0) is 12.8 Å². The summed E-state index contributed by atoms with van der Waals surface area (Å²) in [5.41, 5.74) is 9.53. The number of fused-ring (bicyclic) bond motifs is 2. The Labute approximate surface area is 194 Å². The fraction of sp³-hybridized carbons (Fsp3) is 0.250. The molecule has 164 valence electrons. The van der Waals surface area contributed by atoms with E-state index in [0.29, 0.717) is 0 Å². The molecule has 0 N–H and O–H groups in total. The van der Waals surface area contributed by atoms with Gasteiger partial charge in [-0.05, 0) is 72.1 Å². The van der Waals surface area contributed by atoms with Crippen molar-refractivity contribution in [2.24, 2.45) is 4.99 Å². The molecule has 2 aromatic heterocycles. The predicted octanol–water partition coefficient (Wildman–Crippen LogP) is 4.70. The molecule has 0 amide bonds. The minimum absolute atomic E-state index is 0.878. The molecule has 0 saturated carbocycles. The molecule has 0 unspecified atom stereocenters. The first-order valence-corrected chi connectivity index (χ1v) is 11.7. The van der Waals surface area contributed by atoms with Gasteiger partial charge in [0.1, 0.15) is 5.82 Å². The Morgan fingerprint density at radius 1 is 0.848 bits per heavy atom. The van der Waals surface area contributed by atoms with Crippen molar-refractivity contribution in [2.45, 2.75) is 12.8 Å². The molecule has 1 aliphatic carbocycles. The number of benzene rings is 1. The lowest BCUT2D eigenvalue weighted by Gasteiger charge is -2.33. The van der Waals surface area contributed by atoms with Crippen LogP contribution in [0.1, 0.15) is 22.4 Å². The van der Waals surface area contributed by atoms with Crippen molar-refractivity contribution in [1.29, 1.82) is 0 Å². The Hall–Kier alpha value is -3.57. The summed E-state index contributed by atoms with van der Waals surface area (Å²) in [5.74, 6) is 1.05. The monoisotopic (exact) mass is 433 g/mol. The smallest absolute Gasteiger partial charge is 0.129 e. The van der Waals surface area contributed by atoms with Crippen molar-refractivity contribution in [2.75, 3.05) is 38.1 Å². The standard InChI is InChI=1S/C28H27N5/c1-32-12-14-33(15-13-32)28-18-20(9-11-30-28)23-17-25-24(6-8-27(25)31-19-23)21-5-7-26-22(16-21)4-2-3-10-29-26/h2-3,5-7,9-11,16-19H,4,8,12-15H2,1H3. The second kappa shape index (κ2) is 8.41. The third-order valence-corrected chi connectivity index (χ3v) is 6.83. The van der Waals surface area contributed by atoms with Crippen molar-refractivity contribution in [3.8, 4) is 11.1 Å². The largest absolute Gasteiger partial charge is 0.354 e. The highest BCUT2D eigenvalue weighted by Crippen LogP contribution is 2.36. The number of aliphatic imine (C=N–C) groups is 1. The molecule has 5 heteroatoms. The van der Waals surface area contributed by atoms with Crippen LogP contribution >= 0.6 is 0 Å². The van der Waals surface area contributed by atoms with Crippen LogP contribution in [0.5, 0.6) is 0 Å². The molecule has 1 aromatic carbocycles. The predicted molar refractivity (Wildman–Crippen MR) is 135 cm³/mol. The number of allylic oxidation sites excluding steroid dienone is 3. The number of pyridine rings is 2. The van der Waals surface area contributed by atoms with Gasteiger partial charge >= 0.3 is 0 Å². The van der Waals surface area contributed by atoms with Crippen LogP contribution in [0.25, 0.3) is 16.7 Å². The Bertz CT molecular complexity index is 1300. The highest BCUT2D eigenvalue weighted by molar-refractivity contribution is 5.87. The number of rotatable bonds is 3. The van der Waals surface area contributed by atoms with Gasteiger partial charge in [0, 0.05) is 62.3 Å². The van der Waals surface area contributed by atoms with Crippen LogP contribution in [0.3, 0.4) is 0 Å². The lowest BCUT2D eigenvalue weighted by molar-refractivity contribution is 0.312. The SMILES string of the molecule is CN1CCN(c2cc(-c3cnc4c(c3)C(c3ccc5c(c3)CC=CC=N5)=CC4)ccn2)CC1. The maximum Gasteiger partial charge on any atom is 0.129 e. The van der Waals surface area contributed by atoms with Crippen molar-refractivity contribution >= 4 is 23.3 Å². The van der Waals surface area contributed by atoms with Gasteiger partial charge < -0.3 is 9.80 Å². The van der Waals surface area contributed by atoms with Crippen LogP contribution in [0.4, 0.5) is 11.5 Å². The maximum atomic E-state index is 4.84. The molecule has 1 fully saturated rings. The van der Waals surface area contributed by atoms with E-state index in [4.69, 9.17) is 4.98 Å². The summed E-state index contributed by atoms with van der Waals surface area (Å²) < 4.78 is 0. The zero-order valence-electron chi connectivity index (χ0n) is 18.9. The van der Waals surface area contributed by atoms with Gasteiger partial charge in [-0.25, -0.2) is 4.98 Å². The summed E-state index contributed by atoms with van der Waals surface area (Å²) in [6.07, 6.45) is 14.1. The molecule has 2 aliphatic heterocycles. The van der Waals surface area contributed by atoms with Gasteiger partial charge in [-0.2, -0.15) is 0 Å². The van der Waals surface area contributed by atoms with E-state index in [1.54, 1.807) is 0 Å². The Kier molecular flexibility index (Phi) is 5.11. The molecule has 0 spiro atoms. The van der Waals surface area contributed by atoms with Crippen LogP contribution in [0, 0.1) is 0 Å². The average Bonchev–Trinajstić information content (AvgIpc) is 3.14. The van der Waals surface area contributed by atoms with Crippen LogP contribution < -0.4 is 4.90 Å². The molecular weight excluding hydrogens is 406 g/mol. The quantitative estimate of drug-likeness (QED) is 0.601. The van der Waals surface area contributed by atoms with E-state index in [9.17, 15) is 0 Å². The molecule has 4 heterocycles. The van der Waals surface area contributed by atoms with Crippen LogP contribution in [-0.4, -0.2) is 54.3 Å². The molecule has 0 atom stereocenters. The number of hydrogen-bond donors (Lipinski definition) is 0. The van der Waals surface area contributed by atoms with Crippen molar-refractivity contribution < 1.29 is 0 Å². The van der Waals surface area contributed by atoms with Gasteiger partial charge in [0.2, 0.25) is 0 Å². The molecular formula is C28H27N5. The van der Waals surface area contributed by atoms with Crippen LogP contribution in [0.2, 0.25) is 0 Å². The number of likely N-dealkylation sites (N-methyl/N-ethyl adjacent to an activating group) is 1. The maximum absolute atomic E-state index is 4.84. The van der Waals surface area contributed by atoms with E-state index < -0.39 is 0 Å². The highest BCUT2D eigenvalue weighted by atomic mass is 15.3. The fourth-order valence-corrected chi connectivity index (χ4v) is 4.86. The summed E-state index contributed by atoms with van der Waals surface area (Å²) in [6, 6.07) is 13.2. The van der Waals surface area contributed by atoms with Crippen LogP contribution in [0.15, 0.2) is 72.0 Å². The van der Waals surface area contributed by atoms with E-state index in [1.807, 2.05) is 24.7 Å². The number of piperazine rings is 1. The Morgan fingerprint density at radius 2 is 1.76 bits per heavy atom. The molecule has 0 radical (unpaired) electrons. The Balaban J connectivity index is 1.32. The normalized spacial score (nSPS) is 17.5.